The van der Waals surface area contributed by atoms with E-state index in [9.17, 15) is 4.79 Å². The number of carbonyl (C=O) groups excluding carboxylic acids is 1. The van der Waals surface area contributed by atoms with Crippen LogP contribution in [0.2, 0.25) is 0 Å². The van der Waals surface area contributed by atoms with E-state index in [-0.39, 0.29) is 23.6 Å². The van der Waals surface area contributed by atoms with Gasteiger partial charge in [-0.25, -0.2) is 9.78 Å². The molecule has 3 N–H and O–H groups in total. The molecule has 2 aromatic rings. The van der Waals surface area contributed by atoms with Crippen molar-refractivity contribution in [1.82, 2.24) is 20.5 Å². The summed E-state index contributed by atoms with van der Waals surface area (Å²) >= 11 is 1.50. The number of carbonyl (C=O) groups is 1. The molecular formula is C17H23N5O2S. The largest absolute Gasteiger partial charge is 0.378 e. The van der Waals surface area contributed by atoms with Gasteiger partial charge in [0.25, 0.3) is 0 Å². The maximum Gasteiger partial charge on any atom is 0.319 e. The summed E-state index contributed by atoms with van der Waals surface area (Å²) in [6.07, 6.45) is 9.24. The van der Waals surface area contributed by atoms with Gasteiger partial charge in [0.15, 0.2) is 0 Å². The van der Waals surface area contributed by atoms with Gasteiger partial charge in [-0.2, -0.15) is 5.10 Å². The van der Waals surface area contributed by atoms with Gasteiger partial charge in [-0.1, -0.05) is 12.8 Å². The highest BCUT2D eigenvalue weighted by molar-refractivity contribution is 7.13. The fourth-order valence-electron chi connectivity index (χ4n) is 4.30. The number of urea groups is 1. The van der Waals surface area contributed by atoms with Gasteiger partial charge in [-0.05, 0) is 26.2 Å². The van der Waals surface area contributed by atoms with Gasteiger partial charge in [-0.3, -0.25) is 5.10 Å². The molecule has 2 amide bonds. The predicted molar refractivity (Wildman–Crippen MR) is 96.6 cm³/mol. The lowest BCUT2D eigenvalue weighted by Crippen LogP contribution is -2.64. The first kappa shape index (κ1) is 16.5. The molecular weight excluding hydrogens is 338 g/mol. The molecule has 0 aliphatic heterocycles. The molecule has 4 rings (SSSR count). The molecule has 1 spiro atoms. The molecule has 7 nitrogen and oxygen atoms in total. The smallest absolute Gasteiger partial charge is 0.319 e. The SMILES string of the molecule is CCOC1CC(NC(=O)Nc2cn[nH]c2-c2nccs2)C12CCCC2. The fourth-order valence-corrected chi connectivity index (χ4v) is 4.94. The molecule has 134 valence electrons. The van der Waals surface area contributed by atoms with Crippen molar-refractivity contribution in [2.24, 2.45) is 5.41 Å². The summed E-state index contributed by atoms with van der Waals surface area (Å²) in [6.45, 7) is 2.77. The minimum Gasteiger partial charge on any atom is -0.378 e. The maximum atomic E-state index is 12.5. The van der Waals surface area contributed by atoms with E-state index < -0.39 is 0 Å². The molecule has 2 unspecified atom stereocenters. The second kappa shape index (κ2) is 6.76. The Hall–Kier alpha value is -1.93. The first-order valence-corrected chi connectivity index (χ1v) is 9.73. The highest BCUT2D eigenvalue weighted by atomic mass is 32.1. The summed E-state index contributed by atoms with van der Waals surface area (Å²) in [6, 6.07) is -0.00723. The van der Waals surface area contributed by atoms with E-state index in [1.807, 2.05) is 12.3 Å². The number of hydrogen-bond acceptors (Lipinski definition) is 5. The third-order valence-electron chi connectivity index (χ3n) is 5.53. The Morgan fingerprint density at radius 1 is 1.48 bits per heavy atom. The average molecular weight is 361 g/mol. The van der Waals surface area contributed by atoms with Gasteiger partial charge in [0, 0.05) is 29.6 Å². The van der Waals surface area contributed by atoms with E-state index in [0.29, 0.717) is 5.69 Å². The number of aromatic nitrogens is 3. The van der Waals surface area contributed by atoms with Crippen molar-refractivity contribution < 1.29 is 9.53 Å². The lowest BCUT2D eigenvalue weighted by Gasteiger charge is -2.53. The first-order chi connectivity index (χ1) is 12.2. The third-order valence-corrected chi connectivity index (χ3v) is 6.32. The van der Waals surface area contributed by atoms with Crippen LogP contribution in [0.5, 0.6) is 0 Å². The van der Waals surface area contributed by atoms with Crippen LogP contribution in [-0.4, -0.2) is 40.0 Å². The molecule has 25 heavy (non-hydrogen) atoms. The minimum atomic E-state index is -0.189. The van der Waals surface area contributed by atoms with Crippen LogP contribution in [0.4, 0.5) is 10.5 Å². The number of hydrogen-bond donors (Lipinski definition) is 3. The Bertz CT molecular complexity index is 723. The van der Waals surface area contributed by atoms with Crippen LogP contribution >= 0.6 is 11.3 Å². The number of H-pyrrole nitrogens is 1. The van der Waals surface area contributed by atoms with Crippen molar-refractivity contribution >= 4 is 23.1 Å². The lowest BCUT2D eigenvalue weighted by molar-refractivity contribution is -0.126. The molecule has 8 heteroatoms. The van der Waals surface area contributed by atoms with E-state index >= 15 is 0 Å². The monoisotopic (exact) mass is 361 g/mol. The van der Waals surface area contributed by atoms with Crippen molar-refractivity contribution in [2.75, 3.05) is 11.9 Å². The number of nitrogens with zero attached hydrogens (tertiary/aromatic N) is 2. The van der Waals surface area contributed by atoms with E-state index in [1.165, 1.54) is 24.2 Å². The van der Waals surface area contributed by atoms with Gasteiger partial charge in [0.1, 0.15) is 10.7 Å². The number of amides is 2. The zero-order chi connectivity index (χ0) is 17.3. The van der Waals surface area contributed by atoms with Gasteiger partial charge >= 0.3 is 6.03 Å². The number of anilines is 1. The van der Waals surface area contributed by atoms with Crippen LogP contribution in [-0.2, 0) is 4.74 Å². The van der Waals surface area contributed by atoms with E-state index in [0.717, 1.165) is 36.6 Å². The Morgan fingerprint density at radius 3 is 3.04 bits per heavy atom. The van der Waals surface area contributed by atoms with Crippen LogP contribution in [0.15, 0.2) is 17.8 Å². The minimum absolute atomic E-state index is 0.127. The summed E-state index contributed by atoms with van der Waals surface area (Å²) in [5.74, 6) is 0. The summed E-state index contributed by atoms with van der Waals surface area (Å²) in [5.41, 5.74) is 1.51. The van der Waals surface area contributed by atoms with Crippen molar-refractivity contribution in [3.8, 4) is 10.7 Å². The standard InChI is InChI=1S/C17H23N5O2S/c1-2-24-13-9-12(17(13)5-3-4-6-17)21-16(23)20-11-10-19-22-14(11)15-18-7-8-25-15/h7-8,10,12-13H,2-6,9H2,1H3,(H,19,22)(H2,20,21,23). The van der Waals surface area contributed by atoms with Crippen LogP contribution in [0.25, 0.3) is 10.7 Å². The molecule has 2 atom stereocenters. The molecule has 0 saturated heterocycles. The van der Waals surface area contributed by atoms with Gasteiger partial charge in [0.05, 0.1) is 18.0 Å². The number of ether oxygens (including phenoxy) is 1. The Kier molecular flexibility index (Phi) is 4.47. The molecule has 0 radical (unpaired) electrons. The molecule has 0 aromatic carbocycles. The Balaban J connectivity index is 1.41. The van der Waals surface area contributed by atoms with Crippen molar-refractivity contribution in [3.63, 3.8) is 0 Å². The predicted octanol–water partition coefficient (Wildman–Crippen LogP) is 3.39. The zero-order valence-electron chi connectivity index (χ0n) is 14.2. The maximum absolute atomic E-state index is 12.5. The molecule has 2 saturated carbocycles. The van der Waals surface area contributed by atoms with Gasteiger partial charge in [0.2, 0.25) is 0 Å². The molecule has 2 fully saturated rings. The Labute approximate surface area is 150 Å². The quantitative estimate of drug-likeness (QED) is 0.761. The third kappa shape index (κ3) is 2.93. The number of aromatic amines is 1. The van der Waals surface area contributed by atoms with Crippen molar-refractivity contribution in [3.05, 3.63) is 17.8 Å². The van der Waals surface area contributed by atoms with E-state index in [4.69, 9.17) is 4.74 Å². The average Bonchev–Trinajstić information content (AvgIpc) is 3.34. The summed E-state index contributed by atoms with van der Waals surface area (Å²) in [4.78, 5) is 16.8. The summed E-state index contributed by atoms with van der Waals surface area (Å²) in [7, 11) is 0. The highest BCUT2D eigenvalue weighted by Gasteiger charge is 2.57. The summed E-state index contributed by atoms with van der Waals surface area (Å²) in [5, 5.41) is 15.7. The zero-order valence-corrected chi connectivity index (χ0v) is 15.1. The number of rotatable bonds is 5. The van der Waals surface area contributed by atoms with Crippen molar-refractivity contribution in [1.29, 1.82) is 0 Å². The number of nitrogens with one attached hydrogen (secondary N) is 3. The highest BCUT2D eigenvalue weighted by Crippen LogP contribution is 2.54. The van der Waals surface area contributed by atoms with Crippen LogP contribution in [0.3, 0.4) is 0 Å². The van der Waals surface area contributed by atoms with Gasteiger partial charge < -0.3 is 15.4 Å². The number of thiazole rings is 1. The molecule has 2 aliphatic rings. The first-order valence-electron chi connectivity index (χ1n) is 8.85. The lowest BCUT2D eigenvalue weighted by atomic mass is 9.60. The van der Waals surface area contributed by atoms with E-state index in [1.54, 1.807) is 12.4 Å². The topological polar surface area (TPSA) is 91.9 Å². The molecule has 2 heterocycles. The normalized spacial score (nSPS) is 24.2. The van der Waals surface area contributed by atoms with Crippen LogP contribution in [0, 0.1) is 5.41 Å². The fraction of sp³-hybridized carbons (Fsp3) is 0.588. The molecule has 0 bridgehead atoms. The molecule has 2 aromatic heterocycles. The summed E-state index contributed by atoms with van der Waals surface area (Å²) < 4.78 is 5.91. The van der Waals surface area contributed by atoms with Crippen LogP contribution in [0.1, 0.15) is 39.0 Å². The van der Waals surface area contributed by atoms with Crippen molar-refractivity contribution in [2.45, 2.75) is 51.2 Å². The second-order valence-electron chi connectivity index (χ2n) is 6.77. The van der Waals surface area contributed by atoms with E-state index in [2.05, 4.69) is 25.8 Å². The second-order valence-corrected chi connectivity index (χ2v) is 7.66. The van der Waals surface area contributed by atoms with Crippen LogP contribution < -0.4 is 10.6 Å². The van der Waals surface area contributed by atoms with Gasteiger partial charge in [-0.15, -0.1) is 11.3 Å². The molecule has 2 aliphatic carbocycles. The Morgan fingerprint density at radius 2 is 2.32 bits per heavy atom.